The minimum atomic E-state index is 0.564. The van der Waals surface area contributed by atoms with E-state index in [9.17, 15) is 0 Å². The van der Waals surface area contributed by atoms with Crippen LogP contribution in [0.3, 0.4) is 0 Å². The van der Waals surface area contributed by atoms with Crippen molar-refractivity contribution in [3.8, 4) is 5.75 Å². The van der Waals surface area contributed by atoms with E-state index in [1.165, 1.54) is 17.3 Å². The van der Waals surface area contributed by atoms with Crippen LogP contribution < -0.4 is 10.5 Å². The minimum absolute atomic E-state index is 0.564. The van der Waals surface area contributed by atoms with Crippen LogP contribution in [-0.4, -0.2) is 12.3 Å². The number of hydrogen-bond donors (Lipinski definition) is 1. The van der Waals surface area contributed by atoms with Crippen LogP contribution >= 0.6 is 11.8 Å². The van der Waals surface area contributed by atoms with Gasteiger partial charge < -0.3 is 10.5 Å². The first-order valence-electron chi connectivity index (χ1n) is 6.76. The van der Waals surface area contributed by atoms with Crippen molar-refractivity contribution in [3.63, 3.8) is 0 Å². The molecule has 0 atom stereocenters. The zero-order valence-corrected chi connectivity index (χ0v) is 13.4. The van der Waals surface area contributed by atoms with Gasteiger partial charge in [-0.1, -0.05) is 42.1 Å². The molecule has 3 nitrogen and oxygen atoms in total. The largest absolute Gasteiger partial charge is 0.496 e. The molecular formula is C17H20N2OS. The smallest absolute Gasteiger partial charge is 0.159 e. The number of nitrogens with zero attached hydrogens (tertiary/aromatic N) is 1. The summed E-state index contributed by atoms with van der Waals surface area (Å²) < 4.78 is 5.34. The number of hydrogen-bond acceptors (Lipinski definition) is 3. The molecule has 2 aromatic rings. The van der Waals surface area contributed by atoms with Crippen molar-refractivity contribution >= 4 is 22.6 Å². The molecule has 0 saturated heterocycles. The first-order chi connectivity index (χ1) is 10.1. The highest BCUT2D eigenvalue weighted by atomic mass is 32.2. The fraction of sp³-hybridized carbons (Fsp3) is 0.235. The van der Waals surface area contributed by atoms with Crippen molar-refractivity contribution in [2.75, 3.05) is 7.11 Å². The number of ether oxygens (including phenoxy) is 1. The third kappa shape index (κ3) is 4.26. The molecule has 4 heteroatoms. The van der Waals surface area contributed by atoms with Gasteiger partial charge in [-0.2, -0.15) is 0 Å². The summed E-state index contributed by atoms with van der Waals surface area (Å²) in [6, 6.07) is 14.1. The minimum Gasteiger partial charge on any atom is -0.496 e. The summed E-state index contributed by atoms with van der Waals surface area (Å²) in [5.41, 5.74) is 10.4. The molecule has 0 bridgehead atoms. The lowest BCUT2D eigenvalue weighted by Crippen LogP contribution is -2.06. The Balaban J connectivity index is 2.09. The first kappa shape index (κ1) is 15.4. The van der Waals surface area contributed by atoms with E-state index in [4.69, 9.17) is 10.5 Å². The lowest BCUT2D eigenvalue weighted by atomic mass is 10.1. The van der Waals surface area contributed by atoms with Gasteiger partial charge in [0, 0.05) is 11.3 Å². The molecule has 0 saturated carbocycles. The van der Waals surface area contributed by atoms with E-state index in [0.29, 0.717) is 5.17 Å². The summed E-state index contributed by atoms with van der Waals surface area (Å²) in [6.45, 7) is 4.09. The zero-order chi connectivity index (χ0) is 15.2. The van der Waals surface area contributed by atoms with Gasteiger partial charge in [-0.3, -0.25) is 0 Å². The van der Waals surface area contributed by atoms with Gasteiger partial charge in [0.25, 0.3) is 0 Å². The number of thioether (sulfide) groups is 1. The van der Waals surface area contributed by atoms with Crippen LogP contribution in [0.1, 0.15) is 16.7 Å². The van der Waals surface area contributed by atoms with Crippen molar-refractivity contribution in [1.82, 2.24) is 0 Å². The van der Waals surface area contributed by atoms with Crippen LogP contribution in [-0.2, 0) is 5.75 Å². The van der Waals surface area contributed by atoms with Crippen LogP contribution in [0.5, 0.6) is 5.75 Å². The van der Waals surface area contributed by atoms with Crippen molar-refractivity contribution in [2.45, 2.75) is 19.6 Å². The number of nitrogens with two attached hydrogens (primary N) is 1. The van der Waals surface area contributed by atoms with Crippen molar-refractivity contribution in [1.29, 1.82) is 0 Å². The Kier molecular flexibility index (Phi) is 5.28. The van der Waals surface area contributed by atoms with E-state index >= 15 is 0 Å². The van der Waals surface area contributed by atoms with Crippen molar-refractivity contribution < 1.29 is 4.74 Å². The van der Waals surface area contributed by atoms with Gasteiger partial charge in [-0.25, -0.2) is 4.99 Å². The van der Waals surface area contributed by atoms with Gasteiger partial charge in [-0.15, -0.1) is 0 Å². The molecule has 0 radical (unpaired) electrons. The van der Waals surface area contributed by atoms with E-state index in [2.05, 4.69) is 24.0 Å². The highest BCUT2D eigenvalue weighted by molar-refractivity contribution is 8.13. The second-order valence-corrected chi connectivity index (χ2v) is 5.84. The van der Waals surface area contributed by atoms with Gasteiger partial charge in [0.2, 0.25) is 0 Å². The topological polar surface area (TPSA) is 47.6 Å². The number of para-hydroxylation sites is 1. The maximum atomic E-state index is 6.04. The predicted octanol–water partition coefficient (Wildman–Crippen LogP) is 4.19. The number of aryl methyl sites for hydroxylation is 2. The van der Waals surface area contributed by atoms with Gasteiger partial charge in [-0.05, 0) is 37.1 Å². The van der Waals surface area contributed by atoms with Gasteiger partial charge in [0.05, 0.1) is 12.8 Å². The Morgan fingerprint density at radius 1 is 1.19 bits per heavy atom. The molecule has 0 aliphatic rings. The van der Waals surface area contributed by atoms with E-state index in [0.717, 1.165) is 28.3 Å². The molecule has 0 aliphatic heterocycles. The number of rotatable bonds is 4. The second-order valence-electron chi connectivity index (χ2n) is 4.84. The first-order valence-corrected chi connectivity index (χ1v) is 7.75. The average molecular weight is 300 g/mol. The second kappa shape index (κ2) is 7.18. The van der Waals surface area contributed by atoms with E-state index in [1.807, 2.05) is 37.3 Å². The highest BCUT2D eigenvalue weighted by Gasteiger charge is 2.04. The summed E-state index contributed by atoms with van der Waals surface area (Å²) in [4.78, 5) is 4.51. The molecule has 0 unspecified atom stereocenters. The highest BCUT2D eigenvalue weighted by Crippen LogP contribution is 2.25. The SMILES string of the molecule is COc1ccccc1CSC(N)=Nc1cc(C)ccc1C. The third-order valence-electron chi connectivity index (χ3n) is 3.16. The van der Waals surface area contributed by atoms with E-state index < -0.39 is 0 Å². The zero-order valence-electron chi connectivity index (χ0n) is 12.6. The predicted molar refractivity (Wildman–Crippen MR) is 91.5 cm³/mol. The van der Waals surface area contributed by atoms with E-state index in [-0.39, 0.29) is 0 Å². The molecule has 0 aromatic heterocycles. The molecular weight excluding hydrogens is 280 g/mol. The number of benzene rings is 2. The molecule has 0 fully saturated rings. The van der Waals surface area contributed by atoms with Crippen molar-refractivity contribution in [2.24, 2.45) is 10.7 Å². The molecule has 2 N–H and O–H groups in total. The number of aliphatic imine (C=N–C) groups is 1. The van der Waals surface area contributed by atoms with Crippen LogP contribution in [0.25, 0.3) is 0 Å². The molecule has 0 amide bonds. The van der Waals surface area contributed by atoms with Crippen molar-refractivity contribution in [3.05, 3.63) is 59.2 Å². The van der Waals surface area contributed by atoms with Gasteiger partial charge in [0.1, 0.15) is 5.75 Å². The van der Waals surface area contributed by atoms with E-state index in [1.54, 1.807) is 7.11 Å². The Hall–Kier alpha value is -1.94. The maximum Gasteiger partial charge on any atom is 0.159 e. The monoisotopic (exact) mass is 300 g/mol. The summed E-state index contributed by atoms with van der Waals surface area (Å²) in [7, 11) is 1.68. The third-order valence-corrected chi connectivity index (χ3v) is 4.01. The van der Waals surface area contributed by atoms with Gasteiger partial charge >= 0.3 is 0 Å². The van der Waals surface area contributed by atoms with Crippen LogP contribution in [0.2, 0.25) is 0 Å². The normalized spacial score (nSPS) is 11.5. The van der Waals surface area contributed by atoms with Crippen LogP contribution in [0, 0.1) is 13.8 Å². The Labute approximate surface area is 130 Å². The summed E-state index contributed by atoms with van der Waals surface area (Å²) in [6.07, 6.45) is 0. The molecule has 0 spiro atoms. The fourth-order valence-corrected chi connectivity index (χ4v) is 2.67. The molecule has 21 heavy (non-hydrogen) atoms. The number of methoxy groups -OCH3 is 1. The standard InChI is InChI=1S/C17H20N2OS/c1-12-8-9-13(2)15(10-12)19-17(18)21-11-14-6-4-5-7-16(14)20-3/h4-10H,11H2,1-3H3,(H2,18,19). The van der Waals surface area contributed by atoms with Crippen LogP contribution in [0.15, 0.2) is 47.5 Å². The van der Waals surface area contributed by atoms with Crippen LogP contribution in [0.4, 0.5) is 5.69 Å². The lowest BCUT2D eigenvalue weighted by molar-refractivity contribution is 0.411. The fourth-order valence-electron chi connectivity index (χ4n) is 1.96. The molecule has 0 aliphatic carbocycles. The average Bonchev–Trinajstić information content (AvgIpc) is 2.49. The molecule has 0 heterocycles. The van der Waals surface area contributed by atoms with Gasteiger partial charge in [0.15, 0.2) is 5.17 Å². The molecule has 110 valence electrons. The number of amidine groups is 1. The summed E-state index contributed by atoms with van der Waals surface area (Å²) in [5.74, 6) is 1.62. The maximum absolute atomic E-state index is 6.04. The molecule has 2 rings (SSSR count). The summed E-state index contributed by atoms with van der Waals surface area (Å²) in [5, 5.41) is 0.564. The molecule has 2 aromatic carbocycles. The summed E-state index contributed by atoms with van der Waals surface area (Å²) >= 11 is 1.52. The Morgan fingerprint density at radius 2 is 1.95 bits per heavy atom. The quantitative estimate of drug-likeness (QED) is 0.680. The Bertz CT molecular complexity index is 653. The Morgan fingerprint density at radius 3 is 2.71 bits per heavy atom. The lowest BCUT2D eigenvalue weighted by Gasteiger charge is -2.08.